The Hall–Kier alpha value is -0.570. The number of amides is 1. The molecule has 0 aliphatic heterocycles. The Kier molecular flexibility index (Phi) is 4.14. The van der Waals surface area contributed by atoms with Crippen LogP contribution < -0.4 is 10.6 Å². The Balaban J connectivity index is 2.03. The summed E-state index contributed by atoms with van der Waals surface area (Å²) in [5.41, 5.74) is 0.278. The number of nitrogens with one attached hydrogen (secondary N) is 2. The van der Waals surface area contributed by atoms with Gasteiger partial charge in [-0.3, -0.25) is 4.79 Å². The van der Waals surface area contributed by atoms with Crippen LogP contribution in [-0.2, 0) is 4.79 Å². The predicted octanol–water partition coefficient (Wildman–Crippen LogP) is 1.54. The number of carbonyl (C=O) groups is 1. The summed E-state index contributed by atoms with van der Waals surface area (Å²) in [7, 11) is 0. The molecule has 0 aromatic rings. The molecule has 1 atom stereocenters. The van der Waals surface area contributed by atoms with E-state index in [4.69, 9.17) is 0 Å². The summed E-state index contributed by atoms with van der Waals surface area (Å²) in [4.78, 5) is 11.3. The van der Waals surface area contributed by atoms with E-state index >= 15 is 0 Å². The number of rotatable bonds is 5. The Morgan fingerprint density at radius 1 is 1.33 bits per heavy atom. The highest BCUT2D eigenvalue weighted by molar-refractivity contribution is 5.80. The molecule has 88 valence electrons. The van der Waals surface area contributed by atoms with Crippen LogP contribution in [0.15, 0.2) is 0 Å². The van der Waals surface area contributed by atoms with Gasteiger partial charge in [0.15, 0.2) is 0 Å². The van der Waals surface area contributed by atoms with Crippen LogP contribution in [0, 0.1) is 11.3 Å². The van der Waals surface area contributed by atoms with Gasteiger partial charge in [-0.2, -0.15) is 0 Å². The van der Waals surface area contributed by atoms with Crippen molar-refractivity contribution >= 4 is 5.91 Å². The van der Waals surface area contributed by atoms with Crippen molar-refractivity contribution in [3.05, 3.63) is 0 Å². The van der Waals surface area contributed by atoms with Gasteiger partial charge < -0.3 is 10.6 Å². The third kappa shape index (κ3) is 4.65. The molecule has 1 saturated carbocycles. The van der Waals surface area contributed by atoms with Crippen molar-refractivity contribution in [2.45, 2.75) is 46.6 Å². The van der Waals surface area contributed by atoms with E-state index < -0.39 is 0 Å². The third-order valence-corrected chi connectivity index (χ3v) is 3.12. The fraction of sp³-hybridized carbons (Fsp3) is 0.917. The van der Waals surface area contributed by atoms with Crippen LogP contribution in [-0.4, -0.2) is 25.0 Å². The molecule has 0 saturated heterocycles. The molecule has 0 bridgehead atoms. The van der Waals surface area contributed by atoms with E-state index in [1.165, 1.54) is 0 Å². The highest BCUT2D eigenvalue weighted by Gasteiger charge is 2.29. The maximum Gasteiger partial charge on any atom is 0.223 e. The summed E-state index contributed by atoms with van der Waals surface area (Å²) in [6.07, 6.45) is 2.16. The first-order valence-corrected chi connectivity index (χ1v) is 5.92. The maximum absolute atomic E-state index is 11.3. The van der Waals surface area contributed by atoms with E-state index in [0.29, 0.717) is 12.0 Å². The van der Waals surface area contributed by atoms with Crippen LogP contribution in [0.25, 0.3) is 0 Å². The summed E-state index contributed by atoms with van der Waals surface area (Å²) >= 11 is 0. The number of hydrogen-bond donors (Lipinski definition) is 2. The zero-order chi connectivity index (χ0) is 11.5. The van der Waals surface area contributed by atoms with Gasteiger partial charge in [0.05, 0.1) is 0 Å². The quantitative estimate of drug-likeness (QED) is 0.679. The molecular weight excluding hydrogens is 188 g/mol. The lowest BCUT2D eigenvalue weighted by atomic mass is 9.88. The summed E-state index contributed by atoms with van der Waals surface area (Å²) in [6.45, 7) is 10.4. The fourth-order valence-corrected chi connectivity index (χ4v) is 1.27. The summed E-state index contributed by atoms with van der Waals surface area (Å²) in [5.74, 6) is 0.560. The molecule has 1 aliphatic carbocycles. The van der Waals surface area contributed by atoms with Crippen molar-refractivity contribution in [3.63, 3.8) is 0 Å². The van der Waals surface area contributed by atoms with Crippen molar-refractivity contribution in [3.8, 4) is 0 Å². The van der Waals surface area contributed by atoms with Crippen LogP contribution in [0.2, 0.25) is 0 Å². The monoisotopic (exact) mass is 212 g/mol. The molecule has 1 fully saturated rings. The lowest BCUT2D eigenvalue weighted by Crippen LogP contribution is -2.42. The minimum absolute atomic E-state index is 0.236. The average molecular weight is 212 g/mol. The van der Waals surface area contributed by atoms with Crippen LogP contribution in [0.3, 0.4) is 0 Å². The molecule has 3 nitrogen and oxygen atoms in total. The second kappa shape index (κ2) is 4.97. The van der Waals surface area contributed by atoms with E-state index in [2.05, 4.69) is 38.3 Å². The highest BCUT2D eigenvalue weighted by atomic mass is 16.2. The molecular formula is C12H24N2O. The largest absolute Gasteiger partial charge is 0.355 e. The van der Waals surface area contributed by atoms with E-state index in [1.807, 2.05) is 0 Å². The normalized spacial score (nSPS) is 18.7. The minimum atomic E-state index is 0.236. The molecule has 0 heterocycles. The Morgan fingerprint density at radius 3 is 2.40 bits per heavy atom. The van der Waals surface area contributed by atoms with Gasteiger partial charge in [0.25, 0.3) is 0 Å². The molecule has 0 radical (unpaired) electrons. The smallest absolute Gasteiger partial charge is 0.223 e. The summed E-state index contributed by atoms with van der Waals surface area (Å²) in [5, 5.41) is 6.37. The van der Waals surface area contributed by atoms with Crippen molar-refractivity contribution in [1.82, 2.24) is 10.6 Å². The molecule has 1 amide bonds. The molecule has 1 unspecified atom stereocenters. The van der Waals surface area contributed by atoms with Crippen molar-refractivity contribution in [2.75, 3.05) is 13.1 Å². The topological polar surface area (TPSA) is 41.1 Å². The zero-order valence-electron chi connectivity index (χ0n) is 10.4. The molecule has 1 aliphatic rings. The van der Waals surface area contributed by atoms with Gasteiger partial charge in [-0.15, -0.1) is 0 Å². The molecule has 0 aromatic carbocycles. The Bertz CT molecular complexity index is 216. The van der Waals surface area contributed by atoms with Gasteiger partial charge in [-0.25, -0.2) is 0 Å². The summed E-state index contributed by atoms with van der Waals surface area (Å²) in [6, 6.07) is 0.468. The van der Waals surface area contributed by atoms with Gasteiger partial charge in [-0.1, -0.05) is 20.8 Å². The second-order valence-corrected chi connectivity index (χ2v) is 5.61. The predicted molar refractivity (Wildman–Crippen MR) is 62.7 cm³/mol. The number of hydrogen-bond acceptors (Lipinski definition) is 2. The lowest BCUT2D eigenvalue weighted by Gasteiger charge is -2.28. The van der Waals surface area contributed by atoms with Gasteiger partial charge in [0.1, 0.15) is 0 Å². The zero-order valence-corrected chi connectivity index (χ0v) is 10.4. The van der Waals surface area contributed by atoms with Gasteiger partial charge >= 0.3 is 0 Å². The van der Waals surface area contributed by atoms with Crippen LogP contribution in [0.5, 0.6) is 0 Å². The standard InChI is InChI=1S/C12H24N2O/c1-9(12(2,3)4)13-7-8-14-11(15)10-5-6-10/h9-10,13H,5-8H2,1-4H3,(H,14,15). The van der Waals surface area contributed by atoms with Crippen LogP contribution >= 0.6 is 0 Å². The van der Waals surface area contributed by atoms with Crippen molar-refractivity contribution in [1.29, 1.82) is 0 Å². The lowest BCUT2D eigenvalue weighted by molar-refractivity contribution is -0.122. The molecule has 1 rings (SSSR count). The number of carbonyl (C=O) groups excluding carboxylic acids is 1. The third-order valence-electron chi connectivity index (χ3n) is 3.12. The van der Waals surface area contributed by atoms with Gasteiger partial charge in [0.2, 0.25) is 5.91 Å². The molecule has 15 heavy (non-hydrogen) atoms. The van der Waals surface area contributed by atoms with E-state index in [0.717, 1.165) is 25.9 Å². The average Bonchev–Trinajstić information content (AvgIpc) is 2.92. The van der Waals surface area contributed by atoms with E-state index in [9.17, 15) is 4.79 Å². The minimum Gasteiger partial charge on any atom is -0.355 e. The van der Waals surface area contributed by atoms with E-state index in [1.54, 1.807) is 0 Å². The Morgan fingerprint density at radius 2 is 1.93 bits per heavy atom. The van der Waals surface area contributed by atoms with Crippen LogP contribution in [0.4, 0.5) is 0 Å². The highest BCUT2D eigenvalue weighted by Crippen LogP contribution is 2.28. The second-order valence-electron chi connectivity index (χ2n) is 5.61. The first kappa shape index (κ1) is 12.5. The van der Waals surface area contributed by atoms with Crippen molar-refractivity contribution < 1.29 is 4.79 Å². The molecule has 3 heteroatoms. The fourth-order valence-electron chi connectivity index (χ4n) is 1.27. The van der Waals surface area contributed by atoms with Gasteiger partial charge in [0, 0.05) is 25.0 Å². The van der Waals surface area contributed by atoms with E-state index in [-0.39, 0.29) is 11.3 Å². The first-order chi connectivity index (χ1) is 6.91. The molecule has 2 N–H and O–H groups in total. The van der Waals surface area contributed by atoms with Crippen molar-refractivity contribution in [2.24, 2.45) is 11.3 Å². The van der Waals surface area contributed by atoms with Gasteiger partial charge in [-0.05, 0) is 25.2 Å². The maximum atomic E-state index is 11.3. The summed E-state index contributed by atoms with van der Waals surface area (Å²) < 4.78 is 0. The Labute approximate surface area is 93.0 Å². The van der Waals surface area contributed by atoms with Crippen LogP contribution in [0.1, 0.15) is 40.5 Å². The first-order valence-electron chi connectivity index (χ1n) is 5.92. The SMILES string of the molecule is CC(NCCNC(=O)C1CC1)C(C)(C)C. The molecule has 0 spiro atoms. The molecule has 0 aromatic heterocycles.